The van der Waals surface area contributed by atoms with E-state index in [1.165, 1.54) is 12.8 Å². The third-order valence-corrected chi connectivity index (χ3v) is 4.09. The van der Waals surface area contributed by atoms with Crippen molar-refractivity contribution in [3.8, 4) is 0 Å². The van der Waals surface area contributed by atoms with Gasteiger partial charge >= 0.3 is 6.18 Å². The lowest BCUT2D eigenvalue weighted by Gasteiger charge is -2.22. The highest BCUT2D eigenvalue weighted by atomic mass is 79.9. The Balaban J connectivity index is 2.24. The first-order chi connectivity index (χ1) is 9.38. The lowest BCUT2D eigenvalue weighted by atomic mass is 10.1. The lowest BCUT2D eigenvalue weighted by Crippen LogP contribution is -2.25. The van der Waals surface area contributed by atoms with Gasteiger partial charge in [0.05, 0.1) is 5.56 Å². The SMILES string of the molecule is Nc1c(CN2CCCCCC2)cc(Br)cc1C(F)(F)F. The van der Waals surface area contributed by atoms with Crippen LogP contribution in [-0.4, -0.2) is 18.0 Å². The molecule has 0 atom stereocenters. The number of hydrogen-bond donors (Lipinski definition) is 1. The van der Waals surface area contributed by atoms with Crippen molar-refractivity contribution < 1.29 is 13.2 Å². The Kier molecular flexibility index (Phi) is 4.96. The quantitative estimate of drug-likeness (QED) is 0.799. The van der Waals surface area contributed by atoms with Gasteiger partial charge in [-0.25, -0.2) is 0 Å². The summed E-state index contributed by atoms with van der Waals surface area (Å²) in [5.74, 6) is 0. The van der Waals surface area contributed by atoms with E-state index in [0.29, 0.717) is 16.6 Å². The number of rotatable bonds is 2. The predicted octanol–water partition coefficient (Wildman–Crippen LogP) is 4.43. The summed E-state index contributed by atoms with van der Waals surface area (Å²) in [6.45, 7) is 2.33. The van der Waals surface area contributed by atoms with Crippen LogP contribution in [0.3, 0.4) is 0 Å². The molecule has 112 valence electrons. The monoisotopic (exact) mass is 350 g/mol. The minimum Gasteiger partial charge on any atom is -0.398 e. The van der Waals surface area contributed by atoms with Crippen LogP contribution in [0.15, 0.2) is 16.6 Å². The molecule has 1 heterocycles. The van der Waals surface area contributed by atoms with Crippen LogP contribution >= 0.6 is 15.9 Å². The standard InChI is InChI=1S/C14H18BrF3N2/c15-11-7-10(9-20-5-3-1-2-4-6-20)13(19)12(8-11)14(16,17)18/h7-8H,1-6,9,19H2. The lowest BCUT2D eigenvalue weighted by molar-refractivity contribution is -0.137. The second kappa shape index (κ2) is 6.35. The zero-order valence-electron chi connectivity index (χ0n) is 11.1. The molecule has 2 N–H and O–H groups in total. The molecule has 1 aromatic carbocycles. The molecule has 1 fully saturated rings. The van der Waals surface area contributed by atoms with Crippen molar-refractivity contribution in [1.82, 2.24) is 4.90 Å². The van der Waals surface area contributed by atoms with Gasteiger partial charge < -0.3 is 5.73 Å². The molecule has 0 amide bonds. The maximum Gasteiger partial charge on any atom is 0.418 e. The fraction of sp³-hybridized carbons (Fsp3) is 0.571. The van der Waals surface area contributed by atoms with E-state index in [2.05, 4.69) is 20.8 Å². The van der Waals surface area contributed by atoms with E-state index < -0.39 is 11.7 Å². The largest absolute Gasteiger partial charge is 0.418 e. The molecule has 1 aliphatic rings. The van der Waals surface area contributed by atoms with Gasteiger partial charge in [0.2, 0.25) is 0 Å². The maximum atomic E-state index is 12.9. The highest BCUT2D eigenvalue weighted by molar-refractivity contribution is 9.10. The average Bonchev–Trinajstić information content (AvgIpc) is 2.60. The minimum absolute atomic E-state index is 0.148. The summed E-state index contributed by atoms with van der Waals surface area (Å²) in [6, 6.07) is 2.73. The maximum absolute atomic E-state index is 12.9. The van der Waals surface area contributed by atoms with Crippen molar-refractivity contribution >= 4 is 21.6 Å². The minimum atomic E-state index is -4.42. The molecule has 1 aromatic rings. The number of alkyl halides is 3. The van der Waals surface area contributed by atoms with Gasteiger partial charge in [-0.15, -0.1) is 0 Å². The highest BCUT2D eigenvalue weighted by Gasteiger charge is 2.34. The zero-order valence-corrected chi connectivity index (χ0v) is 12.7. The van der Waals surface area contributed by atoms with E-state index in [-0.39, 0.29) is 5.69 Å². The van der Waals surface area contributed by atoms with E-state index in [9.17, 15) is 13.2 Å². The number of nitrogen functional groups attached to an aromatic ring is 1. The smallest absolute Gasteiger partial charge is 0.398 e. The van der Waals surface area contributed by atoms with Gasteiger partial charge in [0.1, 0.15) is 0 Å². The molecule has 1 aliphatic heterocycles. The molecule has 0 spiro atoms. The molecule has 6 heteroatoms. The van der Waals surface area contributed by atoms with Crippen LogP contribution < -0.4 is 5.73 Å². The van der Waals surface area contributed by atoms with Gasteiger partial charge in [0.25, 0.3) is 0 Å². The number of nitrogens with two attached hydrogens (primary N) is 1. The number of likely N-dealkylation sites (tertiary alicyclic amines) is 1. The molecule has 0 aromatic heterocycles. The van der Waals surface area contributed by atoms with E-state index >= 15 is 0 Å². The summed E-state index contributed by atoms with van der Waals surface area (Å²) in [6.07, 6.45) is 0.165. The number of hydrogen-bond acceptors (Lipinski definition) is 2. The van der Waals surface area contributed by atoms with Crippen molar-refractivity contribution in [2.24, 2.45) is 0 Å². The molecule has 20 heavy (non-hydrogen) atoms. The zero-order chi connectivity index (χ0) is 14.8. The highest BCUT2D eigenvalue weighted by Crippen LogP contribution is 2.37. The number of anilines is 1. The molecule has 2 nitrogen and oxygen atoms in total. The van der Waals surface area contributed by atoms with Crippen LogP contribution in [0, 0.1) is 0 Å². The van der Waals surface area contributed by atoms with E-state index in [4.69, 9.17) is 5.73 Å². The Hall–Kier alpha value is -0.750. The van der Waals surface area contributed by atoms with Crippen molar-refractivity contribution in [3.05, 3.63) is 27.7 Å². The van der Waals surface area contributed by atoms with Crippen molar-refractivity contribution in [2.45, 2.75) is 38.4 Å². The van der Waals surface area contributed by atoms with Crippen LogP contribution in [0.5, 0.6) is 0 Å². The van der Waals surface area contributed by atoms with Gasteiger partial charge in [-0.2, -0.15) is 13.2 Å². The van der Waals surface area contributed by atoms with Gasteiger partial charge in [0, 0.05) is 16.7 Å². The van der Waals surface area contributed by atoms with Crippen LogP contribution in [0.2, 0.25) is 0 Å². The second-order valence-electron chi connectivity index (χ2n) is 5.21. The summed E-state index contributed by atoms with van der Waals surface area (Å²) in [5, 5.41) is 0. The summed E-state index contributed by atoms with van der Waals surface area (Å²) in [7, 11) is 0. The Bertz CT molecular complexity index is 466. The van der Waals surface area contributed by atoms with Gasteiger partial charge in [-0.1, -0.05) is 28.8 Å². The van der Waals surface area contributed by atoms with Gasteiger partial charge in [0.15, 0.2) is 0 Å². The molecule has 0 aliphatic carbocycles. The Labute approximate surface area is 125 Å². The molecule has 1 saturated heterocycles. The Morgan fingerprint density at radius 1 is 1.10 bits per heavy atom. The topological polar surface area (TPSA) is 29.3 Å². The molecule has 0 bridgehead atoms. The normalized spacial score (nSPS) is 18.0. The second-order valence-corrected chi connectivity index (χ2v) is 6.13. The molecular weight excluding hydrogens is 333 g/mol. The van der Waals surface area contributed by atoms with Crippen LogP contribution in [-0.2, 0) is 12.7 Å². The molecule has 2 rings (SSSR count). The number of benzene rings is 1. The van der Waals surface area contributed by atoms with Gasteiger partial charge in [-0.05, 0) is 43.6 Å². The fourth-order valence-corrected chi connectivity index (χ4v) is 3.08. The first-order valence-corrected chi connectivity index (χ1v) is 7.54. The van der Waals surface area contributed by atoms with Crippen molar-refractivity contribution in [1.29, 1.82) is 0 Å². The van der Waals surface area contributed by atoms with Crippen LogP contribution in [0.25, 0.3) is 0 Å². The van der Waals surface area contributed by atoms with E-state index in [0.717, 1.165) is 32.0 Å². The molecular formula is C14H18BrF3N2. The molecule has 0 radical (unpaired) electrons. The summed E-state index contributed by atoms with van der Waals surface area (Å²) < 4.78 is 39.2. The molecule has 0 saturated carbocycles. The van der Waals surface area contributed by atoms with Crippen molar-refractivity contribution in [3.63, 3.8) is 0 Å². The number of halogens is 4. The Morgan fingerprint density at radius 3 is 2.25 bits per heavy atom. The Morgan fingerprint density at radius 2 is 1.70 bits per heavy atom. The average molecular weight is 351 g/mol. The first-order valence-electron chi connectivity index (χ1n) is 6.75. The molecule has 0 unspecified atom stereocenters. The van der Waals surface area contributed by atoms with Crippen molar-refractivity contribution in [2.75, 3.05) is 18.8 Å². The predicted molar refractivity (Wildman–Crippen MR) is 77.3 cm³/mol. The van der Waals surface area contributed by atoms with E-state index in [1.807, 2.05) is 0 Å². The van der Waals surface area contributed by atoms with Crippen LogP contribution in [0.4, 0.5) is 18.9 Å². The fourth-order valence-electron chi connectivity index (χ4n) is 2.58. The van der Waals surface area contributed by atoms with E-state index in [1.54, 1.807) is 6.07 Å². The first kappa shape index (κ1) is 15.6. The third kappa shape index (κ3) is 3.88. The number of nitrogens with zero attached hydrogens (tertiary/aromatic N) is 1. The third-order valence-electron chi connectivity index (χ3n) is 3.63. The summed E-state index contributed by atoms with van der Waals surface area (Å²) in [5.41, 5.74) is 5.38. The summed E-state index contributed by atoms with van der Waals surface area (Å²) in [4.78, 5) is 2.19. The summed E-state index contributed by atoms with van der Waals surface area (Å²) >= 11 is 3.15. The van der Waals surface area contributed by atoms with Gasteiger partial charge in [-0.3, -0.25) is 4.90 Å². The van der Waals surface area contributed by atoms with Crippen LogP contribution in [0.1, 0.15) is 36.8 Å².